The predicted octanol–water partition coefficient (Wildman–Crippen LogP) is 3.27. The van der Waals surface area contributed by atoms with Crippen molar-refractivity contribution in [2.24, 2.45) is 0 Å². The van der Waals surface area contributed by atoms with Crippen molar-refractivity contribution in [1.29, 1.82) is 0 Å². The van der Waals surface area contributed by atoms with Crippen molar-refractivity contribution >= 4 is 32.4 Å². The normalized spacial score (nSPS) is 19.2. The van der Waals surface area contributed by atoms with Crippen LogP contribution in [-0.4, -0.2) is 19.9 Å². The molecule has 0 fully saturated rings. The number of hydrogen-bond acceptors (Lipinski definition) is 3. The summed E-state index contributed by atoms with van der Waals surface area (Å²) in [6.07, 6.45) is -4.55. The maximum absolute atomic E-state index is 12.8. The fourth-order valence-corrected chi connectivity index (χ4v) is 4.66. The molecule has 0 aromatic heterocycles. The zero-order valence-corrected chi connectivity index (χ0v) is 15.2. The number of nitrogens with one attached hydrogen (secondary N) is 2. The van der Waals surface area contributed by atoms with Crippen LogP contribution in [0, 0.1) is 0 Å². The first kappa shape index (κ1) is 19.7. The standard InChI is InChI=1S/C15H16ClF3N2O3S/c1-4-11(22)20-13-12(25(23,24)21-14(13,2)3)8-5-6-9(10(16)7-8)15(17,18)19/h5-7,21H,4H2,1-3H3,(H,20,22). The number of rotatable bonds is 3. The molecule has 1 aromatic rings. The Bertz CT molecular complexity index is 861. The van der Waals surface area contributed by atoms with E-state index in [2.05, 4.69) is 10.0 Å². The Hall–Kier alpha value is -1.58. The summed E-state index contributed by atoms with van der Waals surface area (Å²) in [7, 11) is -4.04. The van der Waals surface area contributed by atoms with Crippen LogP contribution in [0.5, 0.6) is 0 Å². The van der Waals surface area contributed by atoms with Gasteiger partial charge in [-0.15, -0.1) is 0 Å². The fraction of sp³-hybridized carbons (Fsp3) is 0.400. The van der Waals surface area contributed by atoms with E-state index in [0.29, 0.717) is 6.07 Å². The van der Waals surface area contributed by atoms with Crippen molar-refractivity contribution in [2.75, 3.05) is 0 Å². The van der Waals surface area contributed by atoms with Gasteiger partial charge in [0.15, 0.2) is 0 Å². The lowest BCUT2D eigenvalue weighted by atomic mass is 9.98. The van der Waals surface area contributed by atoms with Gasteiger partial charge in [0.1, 0.15) is 4.91 Å². The van der Waals surface area contributed by atoms with Gasteiger partial charge in [0.05, 0.1) is 21.8 Å². The van der Waals surface area contributed by atoms with Crippen molar-refractivity contribution in [3.8, 4) is 0 Å². The zero-order valence-electron chi connectivity index (χ0n) is 13.6. The van der Waals surface area contributed by atoms with Crippen LogP contribution in [0.25, 0.3) is 4.91 Å². The van der Waals surface area contributed by atoms with Gasteiger partial charge < -0.3 is 5.32 Å². The molecule has 1 aromatic carbocycles. The van der Waals surface area contributed by atoms with Gasteiger partial charge in [0.25, 0.3) is 0 Å². The fourth-order valence-electron chi connectivity index (χ4n) is 2.48. The monoisotopic (exact) mass is 396 g/mol. The SMILES string of the molecule is CCC(=O)NC1=C(c2ccc(C(F)(F)F)c(Cl)c2)S(=O)(=O)NC1(C)C. The summed E-state index contributed by atoms with van der Waals surface area (Å²) in [4.78, 5) is 11.5. The second-order valence-electron chi connectivity index (χ2n) is 6.03. The van der Waals surface area contributed by atoms with E-state index in [-0.39, 0.29) is 22.6 Å². The van der Waals surface area contributed by atoms with E-state index < -0.39 is 38.2 Å². The van der Waals surface area contributed by atoms with Gasteiger partial charge in [-0.25, -0.2) is 8.42 Å². The lowest BCUT2D eigenvalue weighted by Gasteiger charge is -2.22. The second kappa shape index (κ2) is 6.30. The van der Waals surface area contributed by atoms with E-state index in [0.717, 1.165) is 12.1 Å². The van der Waals surface area contributed by atoms with Crippen LogP contribution >= 0.6 is 11.6 Å². The van der Waals surface area contributed by atoms with Gasteiger partial charge in [-0.05, 0) is 31.5 Å². The van der Waals surface area contributed by atoms with Crippen molar-refractivity contribution in [1.82, 2.24) is 10.0 Å². The van der Waals surface area contributed by atoms with Gasteiger partial charge >= 0.3 is 6.18 Å². The number of carbonyl (C=O) groups excluding carboxylic acids is 1. The molecule has 0 bridgehead atoms. The maximum Gasteiger partial charge on any atom is 0.417 e. The summed E-state index contributed by atoms with van der Waals surface area (Å²) in [6.45, 7) is 4.66. The van der Waals surface area contributed by atoms with Crippen molar-refractivity contribution < 1.29 is 26.4 Å². The lowest BCUT2D eigenvalue weighted by molar-refractivity contribution is -0.137. The molecular formula is C15H16ClF3N2O3S. The first-order chi connectivity index (χ1) is 11.3. The quantitative estimate of drug-likeness (QED) is 0.823. The molecule has 1 amide bonds. The van der Waals surface area contributed by atoms with Gasteiger partial charge in [-0.2, -0.15) is 17.9 Å². The Kier molecular flexibility index (Phi) is 4.97. The summed E-state index contributed by atoms with van der Waals surface area (Å²) in [5.74, 6) is -0.419. The first-order valence-corrected chi connectivity index (χ1v) is 9.11. The molecular weight excluding hydrogens is 381 g/mol. The van der Waals surface area contributed by atoms with Crippen LogP contribution in [0.3, 0.4) is 0 Å². The van der Waals surface area contributed by atoms with Crippen LogP contribution in [0.15, 0.2) is 23.9 Å². The Morgan fingerprint density at radius 2 is 1.92 bits per heavy atom. The smallest absolute Gasteiger partial charge is 0.327 e. The van der Waals surface area contributed by atoms with E-state index in [1.165, 1.54) is 13.8 Å². The molecule has 0 saturated heterocycles. The molecule has 10 heteroatoms. The van der Waals surface area contributed by atoms with E-state index in [1.54, 1.807) is 6.92 Å². The lowest BCUT2D eigenvalue weighted by Crippen LogP contribution is -2.43. The van der Waals surface area contributed by atoms with E-state index in [9.17, 15) is 26.4 Å². The van der Waals surface area contributed by atoms with Crippen molar-refractivity contribution in [2.45, 2.75) is 38.9 Å². The summed E-state index contributed by atoms with van der Waals surface area (Å²) in [5.41, 5.74) is -2.17. The third-order valence-electron chi connectivity index (χ3n) is 3.63. The van der Waals surface area contributed by atoms with Gasteiger partial charge in [0.2, 0.25) is 15.9 Å². The minimum atomic E-state index is -4.66. The van der Waals surface area contributed by atoms with Gasteiger partial charge in [-0.3, -0.25) is 4.79 Å². The van der Waals surface area contributed by atoms with Crippen LogP contribution < -0.4 is 10.0 Å². The van der Waals surface area contributed by atoms with E-state index >= 15 is 0 Å². The Labute approximate surface area is 148 Å². The molecule has 0 saturated carbocycles. The molecule has 0 unspecified atom stereocenters. The van der Waals surface area contributed by atoms with Crippen LogP contribution in [0.4, 0.5) is 13.2 Å². The Morgan fingerprint density at radius 3 is 2.40 bits per heavy atom. The number of amides is 1. The Morgan fingerprint density at radius 1 is 1.32 bits per heavy atom. The summed E-state index contributed by atoms with van der Waals surface area (Å²) in [6, 6.07) is 2.66. The average molecular weight is 397 g/mol. The van der Waals surface area contributed by atoms with E-state index in [1.807, 2.05) is 0 Å². The molecule has 2 N–H and O–H groups in total. The summed E-state index contributed by atoms with van der Waals surface area (Å²) >= 11 is 5.69. The summed E-state index contributed by atoms with van der Waals surface area (Å²) in [5, 5.41) is 1.89. The molecule has 0 radical (unpaired) electrons. The predicted molar refractivity (Wildman–Crippen MR) is 87.9 cm³/mol. The van der Waals surface area contributed by atoms with Gasteiger partial charge in [0, 0.05) is 6.42 Å². The highest BCUT2D eigenvalue weighted by Gasteiger charge is 2.44. The number of sulfonamides is 1. The van der Waals surface area contributed by atoms with Crippen molar-refractivity contribution in [3.63, 3.8) is 0 Å². The third-order valence-corrected chi connectivity index (χ3v) is 5.70. The topological polar surface area (TPSA) is 75.3 Å². The number of hydrogen-bond donors (Lipinski definition) is 2. The molecule has 0 spiro atoms. The molecule has 5 nitrogen and oxygen atoms in total. The highest BCUT2D eigenvalue weighted by atomic mass is 35.5. The molecule has 1 aliphatic rings. The first-order valence-electron chi connectivity index (χ1n) is 7.25. The molecule has 25 heavy (non-hydrogen) atoms. The molecule has 138 valence electrons. The highest BCUT2D eigenvalue weighted by Crippen LogP contribution is 2.40. The van der Waals surface area contributed by atoms with Crippen molar-refractivity contribution in [3.05, 3.63) is 40.0 Å². The highest BCUT2D eigenvalue weighted by molar-refractivity contribution is 7.99. The van der Waals surface area contributed by atoms with E-state index in [4.69, 9.17) is 11.6 Å². The van der Waals surface area contributed by atoms with Crippen LogP contribution in [0.1, 0.15) is 38.3 Å². The number of carbonyl (C=O) groups is 1. The minimum absolute atomic E-state index is 0.0394. The molecule has 0 atom stereocenters. The number of halogens is 4. The maximum atomic E-state index is 12.8. The van der Waals surface area contributed by atoms with Crippen LogP contribution in [0.2, 0.25) is 5.02 Å². The second-order valence-corrected chi connectivity index (χ2v) is 8.06. The molecule has 2 rings (SSSR count). The molecule has 1 aliphatic heterocycles. The average Bonchev–Trinajstić information content (AvgIpc) is 2.61. The third kappa shape index (κ3) is 3.83. The summed E-state index contributed by atoms with van der Waals surface area (Å²) < 4.78 is 65.8. The minimum Gasteiger partial charge on any atom is -0.327 e. The number of alkyl halides is 3. The van der Waals surface area contributed by atoms with Gasteiger partial charge in [-0.1, -0.05) is 24.6 Å². The van der Waals surface area contributed by atoms with Crippen LogP contribution in [-0.2, 0) is 21.0 Å². The largest absolute Gasteiger partial charge is 0.417 e. The zero-order chi connectivity index (χ0) is 19.2. The molecule has 0 aliphatic carbocycles. The Balaban J connectivity index is 2.69. The molecule has 1 heterocycles. The number of benzene rings is 1.